The van der Waals surface area contributed by atoms with Crippen LogP contribution >= 0.6 is 11.3 Å². The molecule has 6 nitrogen and oxygen atoms in total. The van der Waals surface area contributed by atoms with Gasteiger partial charge in [-0.3, -0.25) is 10.1 Å². The van der Waals surface area contributed by atoms with Crippen molar-refractivity contribution in [1.82, 2.24) is 9.97 Å². The molecule has 0 aliphatic rings. The molecule has 0 bridgehead atoms. The fourth-order valence-corrected chi connectivity index (χ4v) is 1.97. The normalized spacial score (nSPS) is 10.2. The number of nitrogens with zero attached hydrogens (tertiary/aromatic N) is 3. The summed E-state index contributed by atoms with van der Waals surface area (Å²) in [5.74, 6) is 0.283. The smallest absolute Gasteiger partial charge is 0.314 e. The van der Waals surface area contributed by atoms with E-state index in [9.17, 15) is 10.1 Å². The molecule has 0 amide bonds. The van der Waals surface area contributed by atoms with Gasteiger partial charge in [0.1, 0.15) is 5.01 Å². The summed E-state index contributed by atoms with van der Waals surface area (Å²) in [7, 11) is 0. The molecule has 2 aromatic rings. The van der Waals surface area contributed by atoms with Crippen LogP contribution in [-0.4, -0.2) is 14.9 Å². The van der Waals surface area contributed by atoms with E-state index in [0.29, 0.717) is 12.1 Å². The molecule has 0 radical (unpaired) electrons. The van der Waals surface area contributed by atoms with Gasteiger partial charge in [0, 0.05) is 23.3 Å². The molecule has 2 aromatic heterocycles. The van der Waals surface area contributed by atoms with Crippen LogP contribution in [0.1, 0.15) is 10.6 Å². The van der Waals surface area contributed by atoms with Crippen LogP contribution in [0.4, 0.5) is 11.5 Å². The molecule has 0 aliphatic carbocycles. The van der Waals surface area contributed by atoms with E-state index >= 15 is 0 Å². The highest BCUT2D eigenvalue weighted by molar-refractivity contribution is 7.09. The molecular weight excluding hydrogens is 240 g/mol. The zero-order chi connectivity index (χ0) is 12.3. The van der Waals surface area contributed by atoms with Gasteiger partial charge in [0.15, 0.2) is 0 Å². The lowest BCUT2D eigenvalue weighted by molar-refractivity contribution is -0.384. The van der Waals surface area contributed by atoms with Crippen LogP contribution in [0.25, 0.3) is 0 Å². The first kappa shape index (κ1) is 11.5. The molecule has 7 heteroatoms. The lowest BCUT2D eigenvalue weighted by Gasteiger charge is -2.05. The number of hydrogen-bond donors (Lipinski definition) is 1. The second kappa shape index (κ2) is 4.88. The third-order valence-corrected chi connectivity index (χ3v) is 2.98. The summed E-state index contributed by atoms with van der Waals surface area (Å²) >= 11 is 1.49. The van der Waals surface area contributed by atoms with E-state index in [1.807, 2.05) is 5.38 Å². The summed E-state index contributed by atoms with van der Waals surface area (Å²) < 4.78 is 0. The monoisotopic (exact) mass is 250 g/mol. The van der Waals surface area contributed by atoms with Crippen LogP contribution < -0.4 is 5.32 Å². The van der Waals surface area contributed by atoms with E-state index in [-0.39, 0.29) is 11.5 Å². The molecule has 1 N–H and O–H groups in total. The number of nitro groups is 1. The van der Waals surface area contributed by atoms with Crippen molar-refractivity contribution in [2.45, 2.75) is 13.5 Å². The molecule has 0 atom stereocenters. The summed E-state index contributed by atoms with van der Waals surface area (Å²) in [6.45, 7) is 2.13. The maximum atomic E-state index is 10.9. The molecule has 0 aliphatic heterocycles. The summed E-state index contributed by atoms with van der Waals surface area (Å²) in [5, 5.41) is 16.6. The molecule has 0 unspecified atom stereocenters. The second-order valence-corrected chi connectivity index (χ2v) is 4.34. The van der Waals surface area contributed by atoms with Crippen molar-refractivity contribution < 1.29 is 4.92 Å². The van der Waals surface area contributed by atoms with Crippen molar-refractivity contribution in [3.63, 3.8) is 0 Å². The summed E-state index contributed by atoms with van der Waals surface area (Å²) in [6, 6.07) is 1.62. The minimum Gasteiger partial charge on any atom is -0.358 e. The Kier molecular flexibility index (Phi) is 3.29. The van der Waals surface area contributed by atoms with Crippen molar-refractivity contribution >= 4 is 22.8 Å². The number of aromatic nitrogens is 2. The third-order valence-electron chi connectivity index (χ3n) is 2.20. The van der Waals surface area contributed by atoms with Crippen LogP contribution in [0, 0.1) is 17.0 Å². The zero-order valence-corrected chi connectivity index (χ0v) is 9.90. The average Bonchev–Trinajstić information content (AvgIpc) is 2.78. The Morgan fingerprint density at radius 3 is 2.94 bits per heavy atom. The van der Waals surface area contributed by atoms with Crippen molar-refractivity contribution in [2.24, 2.45) is 0 Å². The molecule has 88 valence electrons. The van der Waals surface area contributed by atoms with Crippen molar-refractivity contribution in [3.8, 4) is 0 Å². The predicted molar refractivity (Wildman–Crippen MR) is 65.1 cm³/mol. The number of pyridine rings is 1. The Bertz CT molecular complexity index is 527. The van der Waals surface area contributed by atoms with Gasteiger partial charge < -0.3 is 5.32 Å². The van der Waals surface area contributed by atoms with Crippen LogP contribution in [0.2, 0.25) is 0 Å². The van der Waals surface area contributed by atoms with Crippen LogP contribution in [0.3, 0.4) is 0 Å². The first-order valence-electron chi connectivity index (χ1n) is 4.90. The molecule has 2 rings (SSSR count). The van der Waals surface area contributed by atoms with Crippen LogP contribution in [-0.2, 0) is 6.54 Å². The molecule has 0 fully saturated rings. The minimum atomic E-state index is -0.424. The van der Waals surface area contributed by atoms with Gasteiger partial charge in [-0.2, -0.15) is 0 Å². The Morgan fingerprint density at radius 2 is 2.29 bits per heavy atom. The third kappa shape index (κ3) is 2.56. The topological polar surface area (TPSA) is 81.0 Å². The maximum Gasteiger partial charge on any atom is 0.314 e. The van der Waals surface area contributed by atoms with Gasteiger partial charge >= 0.3 is 5.69 Å². The SMILES string of the molecule is Cc1ccnc(NCc2nccs2)c1[N+](=O)[O-]. The molecule has 0 aromatic carbocycles. The molecule has 0 saturated heterocycles. The Labute approximate surface area is 102 Å². The largest absolute Gasteiger partial charge is 0.358 e. The van der Waals surface area contributed by atoms with Crippen LogP contribution in [0.5, 0.6) is 0 Å². The number of rotatable bonds is 4. The highest BCUT2D eigenvalue weighted by Gasteiger charge is 2.18. The van der Waals surface area contributed by atoms with Crippen LogP contribution in [0.15, 0.2) is 23.8 Å². The fraction of sp³-hybridized carbons (Fsp3) is 0.200. The standard InChI is InChI=1S/C10H10N4O2S/c1-7-2-3-12-10(9(7)14(15)16)13-6-8-11-4-5-17-8/h2-5H,6H2,1H3,(H,12,13). The highest BCUT2D eigenvalue weighted by atomic mass is 32.1. The number of thiazole rings is 1. The maximum absolute atomic E-state index is 10.9. The summed E-state index contributed by atoms with van der Waals surface area (Å²) in [4.78, 5) is 18.6. The highest BCUT2D eigenvalue weighted by Crippen LogP contribution is 2.25. The summed E-state index contributed by atoms with van der Waals surface area (Å²) in [6.07, 6.45) is 3.24. The van der Waals surface area contributed by atoms with Crippen molar-refractivity contribution in [2.75, 3.05) is 5.32 Å². The van der Waals surface area contributed by atoms with E-state index in [1.54, 1.807) is 25.4 Å². The van der Waals surface area contributed by atoms with Gasteiger partial charge in [0.2, 0.25) is 5.82 Å². The van der Waals surface area contributed by atoms with Gasteiger partial charge in [-0.15, -0.1) is 11.3 Å². The number of aryl methyl sites for hydroxylation is 1. The number of anilines is 1. The van der Waals surface area contributed by atoms with Gasteiger partial charge in [-0.05, 0) is 13.0 Å². The number of nitrogens with one attached hydrogen (secondary N) is 1. The molecule has 0 spiro atoms. The minimum absolute atomic E-state index is 0.0176. The quantitative estimate of drug-likeness (QED) is 0.665. The first-order valence-corrected chi connectivity index (χ1v) is 5.78. The van der Waals surface area contributed by atoms with E-state index in [4.69, 9.17) is 0 Å². The van der Waals surface area contributed by atoms with Crippen molar-refractivity contribution in [1.29, 1.82) is 0 Å². The van der Waals surface area contributed by atoms with Crippen molar-refractivity contribution in [3.05, 3.63) is 44.5 Å². The lowest BCUT2D eigenvalue weighted by atomic mass is 10.2. The van der Waals surface area contributed by atoms with E-state index < -0.39 is 4.92 Å². The zero-order valence-electron chi connectivity index (χ0n) is 9.08. The van der Waals surface area contributed by atoms with E-state index in [0.717, 1.165) is 5.01 Å². The molecular formula is C10H10N4O2S. The Hall–Kier alpha value is -2.02. The Balaban J connectivity index is 2.21. The molecule has 2 heterocycles. The lowest BCUT2D eigenvalue weighted by Crippen LogP contribution is -2.05. The predicted octanol–water partition coefficient (Wildman–Crippen LogP) is 2.37. The Morgan fingerprint density at radius 1 is 1.47 bits per heavy atom. The van der Waals surface area contributed by atoms with E-state index in [2.05, 4.69) is 15.3 Å². The van der Waals surface area contributed by atoms with Gasteiger partial charge in [0.25, 0.3) is 0 Å². The van der Waals surface area contributed by atoms with Gasteiger partial charge in [-0.1, -0.05) is 0 Å². The van der Waals surface area contributed by atoms with Gasteiger partial charge in [0.05, 0.1) is 11.5 Å². The second-order valence-electron chi connectivity index (χ2n) is 3.36. The number of hydrogen-bond acceptors (Lipinski definition) is 6. The molecule has 0 saturated carbocycles. The van der Waals surface area contributed by atoms with Gasteiger partial charge in [-0.25, -0.2) is 9.97 Å². The molecule has 17 heavy (non-hydrogen) atoms. The fourth-order valence-electron chi connectivity index (χ4n) is 1.41. The van der Waals surface area contributed by atoms with E-state index in [1.165, 1.54) is 11.3 Å². The average molecular weight is 250 g/mol. The summed E-state index contributed by atoms with van der Waals surface area (Å²) in [5.41, 5.74) is 0.607. The first-order chi connectivity index (χ1) is 8.18.